The Morgan fingerprint density at radius 3 is 2.44 bits per heavy atom. The summed E-state index contributed by atoms with van der Waals surface area (Å²) < 4.78 is 6.92. The molecule has 5 rings (SSSR count). The molecule has 0 bridgehead atoms. The molecule has 1 unspecified atom stereocenters. The Labute approximate surface area is 192 Å². The highest BCUT2D eigenvalue weighted by atomic mass is 32.1. The topological polar surface area (TPSA) is 42.4 Å². The first-order valence-electron chi connectivity index (χ1n) is 10.8. The van der Waals surface area contributed by atoms with E-state index in [1.807, 2.05) is 47.4 Å². The summed E-state index contributed by atoms with van der Waals surface area (Å²) >= 11 is 1.46. The zero-order valence-corrected chi connectivity index (χ0v) is 19.4. The Balaban J connectivity index is 1.47. The van der Waals surface area contributed by atoms with Crippen LogP contribution in [0.15, 0.2) is 78.9 Å². The van der Waals surface area contributed by atoms with Crippen LogP contribution in [0, 0.1) is 0 Å². The third kappa shape index (κ3) is 3.47. The van der Waals surface area contributed by atoms with Crippen LogP contribution in [-0.4, -0.2) is 23.0 Å². The number of hydrogen-bond acceptors (Lipinski definition) is 4. The van der Waals surface area contributed by atoms with E-state index in [0.29, 0.717) is 5.19 Å². The molecule has 0 fully saturated rings. The monoisotopic (exact) mass is 442 g/mol. The fraction of sp³-hybridized carbons (Fsp3) is 0.259. The van der Waals surface area contributed by atoms with Crippen LogP contribution in [-0.2, 0) is 10.2 Å². The smallest absolute Gasteiger partial charge is 0.274 e. The number of nitrogens with zero attached hydrogens (tertiary/aromatic N) is 2. The molecule has 5 heteroatoms. The van der Waals surface area contributed by atoms with Crippen molar-refractivity contribution < 1.29 is 9.53 Å². The van der Waals surface area contributed by atoms with Gasteiger partial charge in [0.25, 0.3) is 11.1 Å². The number of rotatable bonds is 4. The molecule has 3 aromatic carbocycles. The first kappa shape index (κ1) is 20.7. The minimum Gasteiger partial charge on any atom is -0.460 e. The van der Waals surface area contributed by atoms with Crippen LogP contribution in [0.5, 0.6) is 5.19 Å². The van der Waals surface area contributed by atoms with Gasteiger partial charge in [0.05, 0.1) is 10.2 Å². The number of anilines is 1. The normalized spacial score (nSPS) is 19.5. The zero-order chi connectivity index (χ0) is 22.3. The maximum atomic E-state index is 13.5. The fourth-order valence-electron chi connectivity index (χ4n) is 5.14. The number of carbonyl (C=O) groups is 1. The van der Waals surface area contributed by atoms with Crippen molar-refractivity contribution in [2.45, 2.75) is 38.1 Å². The molecule has 0 spiro atoms. The summed E-state index contributed by atoms with van der Waals surface area (Å²) in [4.78, 5) is 19.9. The summed E-state index contributed by atoms with van der Waals surface area (Å²) in [6.07, 6.45) is 0.813. The summed E-state index contributed by atoms with van der Waals surface area (Å²) in [6.45, 7) is 6.52. The van der Waals surface area contributed by atoms with E-state index < -0.39 is 0 Å². The molecule has 32 heavy (non-hydrogen) atoms. The van der Waals surface area contributed by atoms with E-state index in [1.165, 1.54) is 22.5 Å². The highest BCUT2D eigenvalue weighted by Crippen LogP contribution is 2.50. The molecule has 0 saturated heterocycles. The molecule has 1 aliphatic rings. The van der Waals surface area contributed by atoms with Crippen molar-refractivity contribution >= 4 is 33.1 Å². The largest absolute Gasteiger partial charge is 0.460 e. The summed E-state index contributed by atoms with van der Waals surface area (Å²) in [7, 11) is 0. The van der Waals surface area contributed by atoms with E-state index in [4.69, 9.17) is 4.74 Å². The zero-order valence-electron chi connectivity index (χ0n) is 18.5. The number of ether oxygens (including phenoxy) is 1. The van der Waals surface area contributed by atoms with Crippen molar-refractivity contribution in [1.29, 1.82) is 0 Å². The van der Waals surface area contributed by atoms with Gasteiger partial charge in [0.15, 0.2) is 6.61 Å². The second kappa shape index (κ2) is 7.75. The van der Waals surface area contributed by atoms with Crippen molar-refractivity contribution in [3.63, 3.8) is 0 Å². The first-order chi connectivity index (χ1) is 15.4. The Morgan fingerprint density at radius 2 is 1.66 bits per heavy atom. The van der Waals surface area contributed by atoms with Crippen LogP contribution in [0.25, 0.3) is 10.2 Å². The van der Waals surface area contributed by atoms with Gasteiger partial charge in [-0.15, -0.1) is 0 Å². The van der Waals surface area contributed by atoms with Gasteiger partial charge in [0, 0.05) is 16.6 Å². The van der Waals surface area contributed by atoms with Crippen molar-refractivity contribution in [3.05, 3.63) is 90.0 Å². The van der Waals surface area contributed by atoms with E-state index >= 15 is 0 Å². The van der Waals surface area contributed by atoms with Crippen molar-refractivity contribution in [3.8, 4) is 5.19 Å². The molecule has 1 aromatic heterocycles. The average Bonchev–Trinajstić information content (AvgIpc) is 3.21. The SMILES string of the molecule is CC1(c2ccccc2)CC(C)(C)N(C(=O)COc2nc3ccccc3s2)c2ccccc21. The van der Waals surface area contributed by atoms with E-state index in [0.717, 1.165) is 22.3 Å². The summed E-state index contributed by atoms with van der Waals surface area (Å²) in [5.41, 5.74) is 3.70. The van der Waals surface area contributed by atoms with E-state index in [1.54, 1.807) is 0 Å². The maximum Gasteiger partial charge on any atom is 0.274 e. The lowest BCUT2D eigenvalue weighted by Gasteiger charge is -2.51. The van der Waals surface area contributed by atoms with Crippen LogP contribution in [0.2, 0.25) is 0 Å². The van der Waals surface area contributed by atoms with Crippen LogP contribution < -0.4 is 9.64 Å². The molecule has 1 amide bonds. The average molecular weight is 443 g/mol. The highest BCUT2D eigenvalue weighted by molar-refractivity contribution is 7.20. The Morgan fingerprint density at radius 1 is 0.969 bits per heavy atom. The molecule has 1 aliphatic heterocycles. The molecule has 0 radical (unpaired) electrons. The van der Waals surface area contributed by atoms with Gasteiger partial charge in [-0.25, -0.2) is 4.98 Å². The highest BCUT2D eigenvalue weighted by Gasteiger charge is 2.47. The van der Waals surface area contributed by atoms with Crippen LogP contribution >= 0.6 is 11.3 Å². The predicted octanol–water partition coefficient (Wildman–Crippen LogP) is 6.20. The van der Waals surface area contributed by atoms with Gasteiger partial charge in [-0.2, -0.15) is 0 Å². The molecule has 1 atom stereocenters. The Bertz CT molecular complexity index is 1250. The Hall–Kier alpha value is -3.18. The minimum absolute atomic E-state index is 0.0420. The third-order valence-corrected chi connectivity index (χ3v) is 7.33. The molecular weight excluding hydrogens is 416 g/mol. The number of hydrogen-bond donors (Lipinski definition) is 0. The molecule has 4 nitrogen and oxygen atoms in total. The van der Waals surface area contributed by atoms with E-state index in [-0.39, 0.29) is 23.5 Å². The molecule has 4 aromatic rings. The Kier molecular flexibility index (Phi) is 5.01. The van der Waals surface area contributed by atoms with Gasteiger partial charge in [0.1, 0.15) is 0 Å². The van der Waals surface area contributed by atoms with Crippen molar-refractivity contribution in [2.24, 2.45) is 0 Å². The number of amides is 1. The second-order valence-electron chi connectivity index (χ2n) is 9.17. The lowest BCUT2D eigenvalue weighted by atomic mass is 9.65. The molecule has 2 heterocycles. The van der Waals surface area contributed by atoms with E-state index in [2.05, 4.69) is 62.2 Å². The number of benzene rings is 3. The van der Waals surface area contributed by atoms with Crippen LogP contribution in [0.4, 0.5) is 5.69 Å². The standard InChI is InChI=1S/C27H26N2O2S/c1-26(2)18-27(3,19-11-5-4-6-12-19)20-13-7-9-15-22(20)29(26)24(30)17-31-25-28-21-14-8-10-16-23(21)32-25/h4-16H,17-18H2,1-3H3. The van der Waals surface area contributed by atoms with Crippen molar-refractivity contribution in [1.82, 2.24) is 4.98 Å². The number of aromatic nitrogens is 1. The lowest BCUT2D eigenvalue weighted by molar-refractivity contribution is -0.121. The van der Waals surface area contributed by atoms with Gasteiger partial charge in [-0.05, 0) is 49.6 Å². The van der Waals surface area contributed by atoms with Gasteiger partial charge < -0.3 is 9.64 Å². The first-order valence-corrected chi connectivity index (χ1v) is 11.7. The second-order valence-corrected chi connectivity index (χ2v) is 10.2. The third-order valence-electron chi connectivity index (χ3n) is 6.38. The predicted molar refractivity (Wildman–Crippen MR) is 131 cm³/mol. The molecule has 162 valence electrons. The van der Waals surface area contributed by atoms with Gasteiger partial charge in [-0.1, -0.05) is 78.9 Å². The van der Waals surface area contributed by atoms with Gasteiger partial charge in [0.2, 0.25) is 0 Å². The van der Waals surface area contributed by atoms with Crippen LogP contribution in [0.3, 0.4) is 0 Å². The molecular formula is C27H26N2O2S. The molecule has 0 N–H and O–H groups in total. The fourth-order valence-corrected chi connectivity index (χ4v) is 5.95. The van der Waals surface area contributed by atoms with Crippen molar-refractivity contribution in [2.75, 3.05) is 11.5 Å². The molecule has 0 saturated carbocycles. The number of carbonyl (C=O) groups excluding carboxylic acids is 1. The van der Waals surface area contributed by atoms with Gasteiger partial charge >= 0.3 is 0 Å². The lowest BCUT2D eigenvalue weighted by Crippen LogP contribution is -2.57. The van der Waals surface area contributed by atoms with Gasteiger partial charge in [-0.3, -0.25) is 4.79 Å². The summed E-state index contributed by atoms with van der Waals surface area (Å²) in [6, 6.07) is 26.7. The minimum atomic E-state index is -0.382. The maximum absolute atomic E-state index is 13.5. The molecule has 0 aliphatic carbocycles. The number of thiazole rings is 1. The quantitative estimate of drug-likeness (QED) is 0.378. The number of para-hydroxylation sites is 2. The number of fused-ring (bicyclic) bond motifs is 2. The van der Waals surface area contributed by atoms with Crippen LogP contribution in [0.1, 0.15) is 38.3 Å². The summed E-state index contributed by atoms with van der Waals surface area (Å²) in [5.74, 6) is -0.0585. The van der Waals surface area contributed by atoms with E-state index in [9.17, 15) is 4.79 Å². The summed E-state index contributed by atoms with van der Waals surface area (Å²) in [5, 5.41) is 0.525.